The molecule has 0 aromatic rings. The zero-order chi connectivity index (χ0) is 12.3. The van der Waals surface area contributed by atoms with Gasteiger partial charge in [-0.2, -0.15) is 5.26 Å². The smallest absolute Gasteiger partial charge is 0.302 e. The lowest BCUT2D eigenvalue weighted by atomic mass is 10.1. The molecule has 2 aliphatic rings. The molecule has 0 bridgehead atoms. The Labute approximate surface area is 90.2 Å². The molecule has 3 amide bonds. The van der Waals surface area contributed by atoms with Gasteiger partial charge in [-0.25, -0.2) is 4.79 Å². The summed E-state index contributed by atoms with van der Waals surface area (Å²) in [6.45, 7) is 0. The molecule has 1 heterocycles. The van der Waals surface area contributed by atoms with Gasteiger partial charge in [0.15, 0.2) is 0 Å². The highest BCUT2D eigenvalue weighted by Gasteiger charge is 2.90. The van der Waals surface area contributed by atoms with Gasteiger partial charge in [0.1, 0.15) is 0 Å². The minimum absolute atomic E-state index is 0.241. The summed E-state index contributed by atoms with van der Waals surface area (Å²) in [5.74, 6) is -0.915. The minimum atomic E-state index is -1.97. The fraction of sp³-hybridized carbons (Fsp3) is 0.625. The van der Waals surface area contributed by atoms with E-state index >= 15 is 0 Å². The van der Waals surface area contributed by atoms with Gasteiger partial charge in [0.2, 0.25) is 5.54 Å². The summed E-state index contributed by atoms with van der Waals surface area (Å²) in [7, 11) is 2.46. The van der Waals surface area contributed by atoms with Crippen molar-refractivity contribution in [2.45, 2.75) is 17.5 Å². The Kier molecular flexibility index (Phi) is 1.61. The molecule has 0 aromatic carbocycles. The average molecular weight is 224 g/mol. The van der Waals surface area contributed by atoms with Crippen molar-refractivity contribution >= 4 is 11.9 Å². The number of carbonyl (C=O) groups excluding carboxylic acids is 2. The molecule has 2 rings (SSSR count). The van der Waals surface area contributed by atoms with Crippen molar-refractivity contribution < 1.29 is 14.5 Å². The van der Waals surface area contributed by atoms with Crippen LogP contribution in [-0.4, -0.2) is 51.8 Å². The quantitative estimate of drug-likeness (QED) is 0.427. The highest BCUT2D eigenvalue weighted by Crippen LogP contribution is 2.57. The molecule has 0 N–H and O–H groups in total. The number of nitriles is 1. The number of hydrogen-bond acceptors (Lipinski definition) is 5. The van der Waals surface area contributed by atoms with Crippen LogP contribution in [0.1, 0.15) is 6.42 Å². The van der Waals surface area contributed by atoms with Gasteiger partial charge in [0, 0.05) is 19.0 Å². The maximum absolute atomic E-state index is 11.7. The summed E-state index contributed by atoms with van der Waals surface area (Å²) >= 11 is 0. The third-order valence-electron chi connectivity index (χ3n) is 3.37. The minimum Gasteiger partial charge on any atom is -0.302 e. The maximum Gasteiger partial charge on any atom is 0.339 e. The van der Waals surface area contributed by atoms with Crippen LogP contribution >= 0.6 is 0 Å². The van der Waals surface area contributed by atoms with Gasteiger partial charge in [-0.3, -0.25) is 19.8 Å². The van der Waals surface area contributed by atoms with Gasteiger partial charge in [-0.05, 0) is 0 Å². The molecule has 8 heteroatoms. The molecule has 1 saturated carbocycles. The SMILES string of the molecule is CN1C(=O)N(C)[C@@]2(C#N)C[C@]2([N+](=O)[O-])C1=O. The van der Waals surface area contributed by atoms with Crippen molar-refractivity contribution in [1.82, 2.24) is 9.80 Å². The second kappa shape index (κ2) is 2.49. The summed E-state index contributed by atoms with van der Waals surface area (Å²) in [4.78, 5) is 35.1. The predicted octanol–water partition coefficient (Wildman–Crippen LogP) is -0.808. The molecular formula is C8H8N4O4. The van der Waals surface area contributed by atoms with Crippen molar-refractivity contribution in [3.05, 3.63) is 10.1 Å². The van der Waals surface area contributed by atoms with Crippen LogP contribution < -0.4 is 0 Å². The molecule has 0 radical (unpaired) electrons. The number of nitrogens with zero attached hydrogens (tertiary/aromatic N) is 4. The zero-order valence-corrected chi connectivity index (χ0v) is 8.63. The van der Waals surface area contributed by atoms with E-state index in [9.17, 15) is 19.7 Å². The number of rotatable bonds is 1. The molecule has 2 atom stereocenters. The molecule has 1 aliphatic carbocycles. The third-order valence-corrected chi connectivity index (χ3v) is 3.37. The standard InChI is InChI=1S/C8H8N4O4/c1-10-5(13)8(12(15)16)3-7(8,4-9)11(2)6(10)14/h3H2,1-2H3/t7-,8+/m1/s1. The van der Waals surface area contributed by atoms with E-state index in [0.717, 1.165) is 4.90 Å². The lowest BCUT2D eigenvalue weighted by Crippen LogP contribution is -2.63. The fourth-order valence-corrected chi connectivity index (χ4v) is 2.23. The number of carbonyl (C=O) groups is 2. The van der Waals surface area contributed by atoms with Crippen LogP contribution in [0.4, 0.5) is 4.79 Å². The molecule has 84 valence electrons. The largest absolute Gasteiger partial charge is 0.339 e. The average Bonchev–Trinajstić information content (AvgIpc) is 2.96. The first-order valence-corrected chi connectivity index (χ1v) is 4.47. The predicted molar refractivity (Wildman–Crippen MR) is 48.6 cm³/mol. The van der Waals surface area contributed by atoms with Gasteiger partial charge in [-0.15, -0.1) is 0 Å². The highest BCUT2D eigenvalue weighted by molar-refractivity contribution is 6.06. The van der Waals surface area contributed by atoms with Crippen LogP contribution in [0.3, 0.4) is 0 Å². The van der Waals surface area contributed by atoms with E-state index in [4.69, 9.17) is 5.26 Å². The van der Waals surface area contributed by atoms with Gasteiger partial charge in [0.05, 0.1) is 12.5 Å². The highest BCUT2D eigenvalue weighted by atomic mass is 16.6. The normalized spacial score (nSPS) is 36.8. The second-order valence-electron chi connectivity index (χ2n) is 3.97. The molecule has 0 spiro atoms. The Bertz CT molecular complexity index is 469. The van der Waals surface area contributed by atoms with E-state index in [0.29, 0.717) is 4.90 Å². The van der Waals surface area contributed by atoms with Crippen LogP contribution in [-0.2, 0) is 4.79 Å². The first-order chi connectivity index (χ1) is 7.35. The Morgan fingerprint density at radius 2 is 2.06 bits per heavy atom. The van der Waals surface area contributed by atoms with Crippen molar-refractivity contribution in [1.29, 1.82) is 5.26 Å². The van der Waals surface area contributed by atoms with E-state index in [2.05, 4.69) is 0 Å². The number of urea groups is 1. The summed E-state index contributed by atoms with van der Waals surface area (Å²) in [5, 5.41) is 19.9. The Morgan fingerprint density at radius 3 is 2.50 bits per heavy atom. The van der Waals surface area contributed by atoms with Crippen molar-refractivity contribution in [2.75, 3.05) is 14.1 Å². The number of amides is 3. The van der Waals surface area contributed by atoms with Crippen LogP contribution in [0, 0.1) is 21.4 Å². The van der Waals surface area contributed by atoms with Crippen LogP contribution in [0.5, 0.6) is 0 Å². The van der Waals surface area contributed by atoms with Crippen LogP contribution in [0.15, 0.2) is 0 Å². The summed E-state index contributed by atoms with van der Waals surface area (Å²) in [6, 6.07) is 1.03. The van der Waals surface area contributed by atoms with Crippen molar-refractivity contribution in [3.63, 3.8) is 0 Å². The first kappa shape index (κ1) is 10.4. The van der Waals surface area contributed by atoms with Crippen LogP contribution in [0.25, 0.3) is 0 Å². The first-order valence-electron chi connectivity index (χ1n) is 4.47. The summed E-state index contributed by atoms with van der Waals surface area (Å²) in [6.07, 6.45) is -0.241. The molecule has 0 aromatic heterocycles. The van der Waals surface area contributed by atoms with E-state index < -0.39 is 27.9 Å². The van der Waals surface area contributed by atoms with Crippen molar-refractivity contribution in [3.8, 4) is 6.07 Å². The lowest BCUT2D eigenvalue weighted by Gasteiger charge is -2.33. The van der Waals surface area contributed by atoms with Gasteiger partial charge < -0.3 is 4.90 Å². The maximum atomic E-state index is 11.7. The third kappa shape index (κ3) is 0.722. The molecule has 8 nitrogen and oxygen atoms in total. The number of fused-ring (bicyclic) bond motifs is 1. The summed E-state index contributed by atoms with van der Waals surface area (Å²) < 4.78 is 0. The van der Waals surface area contributed by atoms with Gasteiger partial charge in [0.25, 0.3) is 0 Å². The molecule has 1 saturated heterocycles. The number of imide groups is 1. The second-order valence-corrected chi connectivity index (χ2v) is 3.97. The fourth-order valence-electron chi connectivity index (χ4n) is 2.23. The van der Waals surface area contributed by atoms with Crippen molar-refractivity contribution in [2.24, 2.45) is 0 Å². The summed E-state index contributed by atoms with van der Waals surface area (Å²) in [5.41, 5.74) is -3.59. The molecule has 0 unspecified atom stereocenters. The van der Waals surface area contributed by atoms with E-state index in [1.165, 1.54) is 14.1 Å². The van der Waals surface area contributed by atoms with E-state index in [1.54, 1.807) is 6.07 Å². The number of likely N-dealkylation sites (N-methyl/N-ethyl adjacent to an activating group) is 2. The van der Waals surface area contributed by atoms with Gasteiger partial charge >= 0.3 is 17.5 Å². The molecule has 2 fully saturated rings. The van der Waals surface area contributed by atoms with E-state index in [-0.39, 0.29) is 6.42 Å². The Balaban J connectivity index is 2.59. The van der Waals surface area contributed by atoms with Crippen LogP contribution in [0.2, 0.25) is 0 Å². The monoisotopic (exact) mass is 224 g/mol. The molecular weight excluding hydrogens is 216 g/mol. The Hall–Kier alpha value is -2.17. The number of hydrogen-bond donors (Lipinski definition) is 0. The number of nitro groups is 1. The van der Waals surface area contributed by atoms with Gasteiger partial charge in [-0.1, -0.05) is 0 Å². The topological polar surface area (TPSA) is 108 Å². The lowest BCUT2D eigenvalue weighted by molar-refractivity contribution is -0.529. The molecule has 16 heavy (non-hydrogen) atoms. The Morgan fingerprint density at radius 1 is 1.50 bits per heavy atom. The van der Waals surface area contributed by atoms with E-state index in [1.807, 2.05) is 0 Å². The molecule has 1 aliphatic heterocycles. The zero-order valence-electron chi connectivity index (χ0n) is 8.63.